The molecule has 0 saturated carbocycles. The SMILES string of the molecule is O=C(/C(=C\NS(=O)(=O)c1ccccc1)c1ccccc1)c1ccccc1Cl. The van der Waals surface area contributed by atoms with Crippen molar-refractivity contribution in [2.45, 2.75) is 4.90 Å². The van der Waals surface area contributed by atoms with Gasteiger partial charge in [0.1, 0.15) is 0 Å². The predicted octanol–water partition coefficient (Wildman–Crippen LogP) is 4.54. The number of sulfonamides is 1. The fraction of sp³-hybridized carbons (Fsp3) is 0. The summed E-state index contributed by atoms with van der Waals surface area (Å²) in [6, 6.07) is 23.4. The lowest BCUT2D eigenvalue weighted by molar-refractivity contribution is 0.105. The van der Waals surface area contributed by atoms with Crippen LogP contribution in [0.5, 0.6) is 0 Å². The molecule has 4 nitrogen and oxygen atoms in total. The van der Waals surface area contributed by atoms with Crippen LogP contribution in [0.1, 0.15) is 15.9 Å². The van der Waals surface area contributed by atoms with Crippen LogP contribution < -0.4 is 4.72 Å². The van der Waals surface area contributed by atoms with Crippen molar-refractivity contribution < 1.29 is 13.2 Å². The zero-order valence-electron chi connectivity index (χ0n) is 14.2. The first kappa shape index (κ1) is 18.9. The van der Waals surface area contributed by atoms with Crippen LogP contribution in [0.25, 0.3) is 5.57 Å². The minimum absolute atomic E-state index is 0.110. The Bertz CT molecular complexity index is 1080. The average molecular weight is 398 g/mol. The smallest absolute Gasteiger partial charge is 0.261 e. The van der Waals surface area contributed by atoms with E-state index in [2.05, 4.69) is 4.72 Å². The Kier molecular flexibility index (Phi) is 5.74. The van der Waals surface area contributed by atoms with E-state index in [9.17, 15) is 13.2 Å². The fourth-order valence-electron chi connectivity index (χ4n) is 2.49. The molecule has 0 aliphatic rings. The van der Waals surface area contributed by atoms with Crippen molar-refractivity contribution in [1.29, 1.82) is 0 Å². The van der Waals surface area contributed by atoms with Gasteiger partial charge in [-0.25, -0.2) is 8.42 Å². The van der Waals surface area contributed by atoms with Crippen LogP contribution in [-0.4, -0.2) is 14.2 Å². The van der Waals surface area contributed by atoms with Gasteiger partial charge in [0.15, 0.2) is 5.78 Å². The number of ketones is 1. The number of carbonyl (C=O) groups excluding carboxylic acids is 1. The van der Waals surface area contributed by atoms with E-state index in [1.165, 1.54) is 18.3 Å². The Morgan fingerprint density at radius 1 is 0.815 bits per heavy atom. The first-order valence-electron chi connectivity index (χ1n) is 8.11. The summed E-state index contributed by atoms with van der Waals surface area (Å²) in [5, 5.41) is 0.301. The molecule has 1 N–H and O–H groups in total. The highest BCUT2D eigenvalue weighted by molar-refractivity contribution is 7.89. The minimum atomic E-state index is -3.80. The summed E-state index contributed by atoms with van der Waals surface area (Å²) in [4.78, 5) is 13.1. The normalized spacial score (nSPS) is 11.8. The predicted molar refractivity (Wildman–Crippen MR) is 107 cm³/mol. The minimum Gasteiger partial charge on any atom is -0.288 e. The molecule has 3 aromatic rings. The molecule has 0 unspecified atom stereocenters. The van der Waals surface area contributed by atoms with E-state index in [1.807, 2.05) is 6.07 Å². The topological polar surface area (TPSA) is 63.2 Å². The Hall–Kier alpha value is -2.89. The highest BCUT2D eigenvalue weighted by Crippen LogP contribution is 2.24. The summed E-state index contributed by atoms with van der Waals surface area (Å²) in [7, 11) is -3.80. The van der Waals surface area contributed by atoms with E-state index in [-0.39, 0.29) is 16.3 Å². The third-order valence-electron chi connectivity index (χ3n) is 3.86. The molecule has 0 aromatic heterocycles. The van der Waals surface area contributed by atoms with Gasteiger partial charge in [-0.15, -0.1) is 0 Å². The van der Waals surface area contributed by atoms with Gasteiger partial charge >= 0.3 is 0 Å². The average Bonchev–Trinajstić information content (AvgIpc) is 2.70. The summed E-state index contributed by atoms with van der Waals surface area (Å²) in [5.41, 5.74) is 1.08. The van der Waals surface area contributed by atoms with Gasteiger partial charge in [0.05, 0.1) is 9.92 Å². The summed E-state index contributed by atoms with van der Waals surface area (Å²) in [6.07, 6.45) is 1.21. The van der Waals surface area contributed by atoms with Crippen LogP contribution in [0.4, 0.5) is 0 Å². The molecule has 27 heavy (non-hydrogen) atoms. The molecule has 0 bridgehead atoms. The van der Waals surface area contributed by atoms with Crippen LogP contribution in [0.3, 0.4) is 0 Å². The number of allylic oxidation sites excluding steroid dienone is 1. The third-order valence-corrected chi connectivity index (χ3v) is 5.51. The van der Waals surface area contributed by atoms with E-state index < -0.39 is 10.0 Å². The number of carbonyl (C=O) groups is 1. The van der Waals surface area contributed by atoms with Crippen molar-refractivity contribution >= 4 is 33.0 Å². The van der Waals surface area contributed by atoms with Gasteiger partial charge < -0.3 is 0 Å². The molecular formula is C21H16ClNO3S. The fourth-order valence-corrected chi connectivity index (χ4v) is 3.64. The van der Waals surface area contributed by atoms with Crippen LogP contribution in [-0.2, 0) is 10.0 Å². The van der Waals surface area contributed by atoms with Crippen molar-refractivity contribution in [3.8, 4) is 0 Å². The highest BCUT2D eigenvalue weighted by atomic mass is 35.5. The van der Waals surface area contributed by atoms with Gasteiger partial charge in [0.25, 0.3) is 10.0 Å². The monoisotopic (exact) mass is 397 g/mol. The molecule has 3 aromatic carbocycles. The van der Waals surface area contributed by atoms with Crippen LogP contribution >= 0.6 is 11.6 Å². The van der Waals surface area contributed by atoms with E-state index in [4.69, 9.17) is 11.6 Å². The third kappa shape index (κ3) is 4.45. The van der Waals surface area contributed by atoms with E-state index in [0.717, 1.165) is 0 Å². The van der Waals surface area contributed by atoms with E-state index in [1.54, 1.807) is 66.7 Å². The zero-order chi connectivity index (χ0) is 19.3. The summed E-state index contributed by atoms with van der Waals surface area (Å²) in [5.74, 6) is -0.373. The molecule has 0 amide bonds. The first-order chi connectivity index (χ1) is 13.0. The van der Waals surface area contributed by atoms with Gasteiger partial charge in [0.2, 0.25) is 0 Å². The molecule has 6 heteroatoms. The van der Waals surface area contributed by atoms with Gasteiger partial charge in [0, 0.05) is 17.3 Å². The lowest BCUT2D eigenvalue weighted by Crippen LogP contribution is -2.19. The lowest BCUT2D eigenvalue weighted by Gasteiger charge is -2.10. The lowest BCUT2D eigenvalue weighted by atomic mass is 9.97. The zero-order valence-corrected chi connectivity index (χ0v) is 15.7. The molecule has 0 fully saturated rings. The van der Waals surface area contributed by atoms with Crippen LogP contribution in [0.15, 0.2) is 96.0 Å². The molecular weight excluding hydrogens is 382 g/mol. The number of benzene rings is 3. The second-order valence-electron chi connectivity index (χ2n) is 5.67. The van der Waals surface area contributed by atoms with Crippen molar-refractivity contribution in [3.05, 3.63) is 107 Å². The molecule has 0 spiro atoms. The maximum absolute atomic E-state index is 13.0. The molecule has 0 saturated heterocycles. The Balaban J connectivity index is 2.02. The number of hydrogen-bond acceptors (Lipinski definition) is 3. The second-order valence-corrected chi connectivity index (χ2v) is 7.79. The first-order valence-corrected chi connectivity index (χ1v) is 9.97. The molecule has 0 radical (unpaired) electrons. The van der Waals surface area contributed by atoms with Crippen molar-refractivity contribution in [3.63, 3.8) is 0 Å². The van der Waals surface area contributed by atoms with Crippen molar-refractivity contribution in [2.75, 3.05) is 0 Å². The number of rotatable bonds is 6. The number of nitrogens with one attached hydrogen (secondary N) is 1. The number of halogens is 1. The van der Waals surface area contributed by atoms with Gasteiger partial charge in [-0.3, -0.25) is 9.52 Å². The van der Waals surface area contributed by atoms with Crippen molar-refractivity contribution in [2.24, 2.45) is 0 Å². The van der Waals surface area contributed by atoms with Crippen LogP contribution in [0.2, 0.25) is 5.02 Å². The molecule has 0 aliphatic heterocycles. The standard InChI is InChI=1S/C21H16ClNO3S/c22-20-14-8-7-13-18(20)21(24)19(16-9-3-1-4-10-16)15-23-27(25,26)17-11-5-2-6-12-17/h1-15,23H/b19-15-. The Morgan fingerprint density at radius 2 is 1.37 bits per heavy atom. The van der Waals surface area contributed by atoms with Crippen molar-refractivity contribution in [1.82, 2.24) is 4.72 Å². The summed E-state index contributed by atoms with van der Waals surface area (Å²) in [6.45, 7) is 0. The quantitative estimate of drug-likeness (QED) is 0.490. The Morgan fingerprint density at radius 3 is 2.00 bits per heavy atom. The molecule has 0 atom stereocenters. The van der Waals surface area contributed by atoms with Gasteiger partial charge in [-0.1, -0.05) is 72.3 Å². The summed E-state index contributed by atoms with van der Waals surface area (Å²) < 4.78 is 27.4. The molecule has 0 aliphatic carbocycles. The Labute approximate surface area is 163 Å². The summed E-state index contributed by atoms with van der Waals surface area (Å²) >= 11 is 6.15. The van der Waals surface area contributed by atoms with Gasteiger partial charge in [-0.2, -0.15) is 0 Å². The molecule has 136 valence electrons. The molecule has 3 rings (SSSR count). The maximum Gasteiger partial charge on any atom is 0.261 e. The largest absolute Gasteiger partial charge is 0.288 e. The van der Waals surface area contributed by atoms with E-state index >= 15 is 0 Å². The maximum atomic E-state index is 13.0. The second kappa shape index (κ2) is 8.20. The number of Topliss-reactive ketones (excluding diaryl/α,β-unsaturated/α-hetero) is 1. The van der Waals surface area contributed by atoms with Gasteiger partial charge in [-0.05, 0) is 29.8 Å². The number of hydrogen-bond donors (Lipinski definition) is 1. The van der Waals surface area contributed by atoms with E-state index in [0.29, 0.717) is 16.1 Å². The highest BCUT2D eigenvalue weighted by Gasteiger charge is 2.19. The molecule has 0 heterocycles. The van der Waals surface area contributed by atoms with Crippen LogP contribution in [0, 0.1) is 0 Å².